The molecule has 1 saturated heterocycles. The van der Waals surface area contributed by atoms with Crippen LogP contribution in [-0.2, 0) is 20.7 Å². The van der Waals surface area contributed by atoms with Crippen molar-refractivity contribution < 1.29 is 14.3 Å². The van der Waals surface area contributed by atoms with Crippen LogP contribution in [0.1, 0.15) is 48.8 Å². The number of esters is 1. The fourth-order valence-corrected chi connectivity index (χ4v) is 4.82. The first-order valence-electron chi connectivity index (χ1n) is 11.8. The first-order chi connectivity index (χ1) is 15.9. The van der Waals surface area contributed by atoms with E-state index in [1.807, 2.05) is 55.3 Å². The molecule has 2 aromatic heterocycles. The zero-order valence-electron chi connectivity index (χ0n) is 19.9. The molecule has 1 atom stereocenters. The van der Waals surface area contributed by atoms with Gasteiger partial charge in [-0.2, -0.15) is 5.10 Å². The summed E-state index contributed by atoms with van der Waals surface area (Å²) in [5.74, 6) is -0.336. The summed E-state index contributed by atoms with van der Waals surface area (Å²) in [6, 6.07) is 10.2. The van der Waals surface area contributed by atoms with Gasteiger partial charge in [0.15, 0.2) is 5.65 Å². The Hall–Kier alpha value is -3.22. The fraction of sp³-hybridized carbons (Fsp3) is 0.462. The lowest BCUT2D eigenvalue weighted by Gasteiger charge is -2.31. The third-order valence-corrected chi connectivity index (χ3v) is 6.55. The quantitative estimate of drug-likeness (QED) is 0.532. The highest BCUT2D eigenvalue weighted by molar-refractivity contribution is 5.81. The van der Waals surface area contributed by atoms with Crippen molar-refractivity contribution in [1.82, 2.24) is 19.5 Å². The lowest BCUT2D eigenvalue weighted by molar-refractivity contribution is -0.151. The zero-order valence-corrected chi connectivity index (χ0v) is 19.9. The molecule has 0 aliphatic carbocycles. The Labute approximate surface area is 194 Å². The number of nitrogens with zero attached hydrogens (tertiary/aromatic N) is 4. The minimum Gasteiger partial charge on any atom is -0.466 e. The molecule has 3 aromatic rings. The summed E-state index contributed by atoms with van der Waals surface area (Å²) < 4.78 is 7.06. The molecule has 0 saturated carbocycles. The predicted molar refractivity (Wildman–Crippen MR) is 127 cm³/mol. The molecule has 7 heteroatoms. The summed E-state index contributed by atoms with van der Waals surface area (Å²) in [6.07, 6.45) is 2.59. The Morgan fingerprint density at radius 2 is 1.88 bits per heavy atom. The van der Waals surface area contributed by atoms with Crippen molar-refractivity contribution in [2.75, 3.05) is 19.7 Å². The van der Waals surface area contributed by atoms with Crippen LogP contribution in [0.3, 0.4) is 0 Å². The summed E-state index contributed by atoms with van der Waals surface area (Å²) in [7, 11) is 0. The fourth-order valence-electron chi connectivity index (χ4n) is 4.82. The molecule has 4 rings (SSSR count). The van der Waals surface area contributed by atoms with Gasteiger partial charge < -0.3 is 9.64 Å². The number of amides is 1. The van der Waals surface area contributed by atoms with Gasteiger partial charge in [0.2, 0.25) is 5.91 Å². The van der Waals surface area contributed by atoms with Crippen LogP contribution in [0.2, 0.25) is 0 Å². The third-order valence-electron chi connectivity index (χ3n) is 6.55. The highest BCUT2D eigenvalue weighted by Crippen LogP contribution is 2.29. The molecule has 1 aliphatic rings. The molecule has 0 bridgehead atoms. The predicted octanol–water partition coefficient (Wildman–Crippen LogP) is 4.06. The van der Waals surface area contributed by atoms with Gasteiger partial charge >= 0.3 is 5.97 Å². The van der Waals surface area contributed by atoms with Crippen LogP contribution in [0.5, 0.6) is 0 Å². The van der Waals surface area contributed by atoms with Crippen LogP contribution in [0.25, 0.3) is 16.8 Å². The Balaban J connectivity index is 1.52. The summed E-state index contributed by atoms with van der Waals surface area (Å²) in [6.45, 7) is 9.38. The molecule has 33 heavy (non-hydrogen) atoms. The molecule has 1 amide bonds. The van der Waals surface area contributed by atoms with Gasteiger partial charge in [-0.3, -0.25) is 9.59 Å². The number of hydrogen-bond donors (Lipinski definition) is 0. The van der Waals surface area contributed by atoms with Gasteiger partial charge in [0.25, 0.3) is 0 Å². The monoisotopic (exact) mass is 448 g/mol. The van der Waals surface area contributed by atoms with E-state index in [0.29, 0.717) is 32.5 Å². The molecule has 1 fully saturated rings. The van der Waals surface area contributed by atoms with Gasteiger partial charge in [0, 0.05) is 36.5 Å². The van der Waals surface area contributed by atoms with E-state index >= 15 is 0 Å². The average molecular weight is 449 g/mol. The molecule has 1 aliphatic heterocycles. The lowest BCUT2D eigenvalue weighted by atomic mass is 9.97. The molecule has 0 spiro atoms. The largest absolute Gasteiger partial charge is 0.466 e. The number of aryl methyl sites for hydroxylation is 3. The number of piperidine rings is 1. The van der Waals surface area contributed by atoms with E-state index in [4.69, 9.17) is 14.8 Å². The number of aromatic nitrogens is 3. The van der Waals surface area contributed by atoms with Gasteiger partial charge in [0.05, 0.1) is 18.2 Å². The van der Waals surface area contributed by atoms with Crippen molar-refractivity contribution in [3.63, 3.8) is 0 Å². The minimum atomic E-state index is -0.215. The van der Waals surface area contributed by atoms with Crippen molar-refractivity contribution in [3.8, 4) is 11.1 Å². The molecule has 1 aromatic carbocycles. The van der Waals surface area contributed by atoms with E-state index in [1.165, 1.54) is 0 Å². The maximum absolute atomic E-state index is 13.0. The Morgan fingerprint density at radius 1 is 1.12 bits per heavy atom. The SMILES string of the molecule is CCOC(=O)C1CCCN(C(=O)CCc2c(C)nc3c(-c4ccccc4)c(C)nn3c2C)C1. The Kier molecular flexibility index (Phi) is 6.77. The zero-order chi connectivity index (χ0) is 23.5. The second-order valence-electron chi connectivity index (χ2n) is 8.75. The van der Waals surface area contributed by atoms with Crippen LogP contribution in [-0.4, -0.2) is 51.1 Å². The molecule has 7 nitrogen and oxygen atoms in total. The van der Waals surface area contributed by atoms with Crippen LogP contribution in [0.15, 0.2) is 30.3 Å². The smallest absolute Gasteiger partial charge is 0.310 e. The van der Waals surface area contributed by atoms with Gasteiger partial charge in [0.1, 0.15) is 0 Å². The van der Waals surface area contributed by atoms with Gasteiger partial charge in [-0.05, 0) is 58.1 Å². The third kappa shape index (κ3) is 4.63. The molecule has 0 N–H and O–H groups in total. The van der Waals surface area contributed by atoms with E-state index in [0.717, 1.165) is 52.3 Å². The first-order valence-corrected chi connectivity index (χ1v) is 11.8. The number of fused-ring (bicyclic) bond motifs is 1. The Bertz CT molecular complexity index is 1170. The second-order valence-corrected chi connectivity index (χ2v) is 8.75. The van der Waals surface area contributed by atoms with Crippen LogP contribution in [0, 0.1) is 26.7 Å². The van der Waals surface area contributed by atoms with Crippen molar-refractivity contribution in [2.24, 2.45) is 5.92 Å². The van der Waals surface area contributed by atoms with Gasteiger partial charge in [-0.1, -0.05) is 30.3 Å². The van der Waals surface area contributed by atoms with E-state index in [1.54, 1.807) is 0 Å². The number of likely N-dealkylation sites (tertiary alicyclic amines) is 1. The van der Waals surface area contributed by atoms with Crippen molar-refractivity contribution >= 4 is 17.5 Å². The molecule has 174 valence electrons. The number of carbonyl (C=O) groups excluding carboxylic acids is 2. The van der Waals surface area contributed by atoms with E-state index in [2.05, 4.69) is 12.1 Å². The van der Waals surface area contributed by atoms with Gasteiger partial charge in [-0.25, -0.2) is 9.50 Å². The maximum atomic E-state index is 13.0. The summed E-state index contributed by atoms with van der Waals surface area (Å²) >= 11 is 0. The van der Waals surface area contributed by atoms with Gasteiger partial charge in [-0.15, -0.1) is 0 Å². The highest BCUT2D eigenvalue weighted by atomic mass is 16.5. The van der Waals surface area contributed by atoms with Crippen LogP contribution in [0.4, 0.5) is 0 Å². The maximum Gasteiger partial charge on any atom is 0.310 e. The van der Waals surface area contributed by atoms with Crippen molar-refractivity contribution in [1.29, 1.82) is 0 Å². The summed E-state index contributed by atoms with van der Waals surface area (Å²) in [4.78, 5) is 31.8. The topological polar surface area (TPSA) is 76.8 Å². The average Bonchev–Trinajstić information content (AvgIpc) is 3.15. The second kappa shape index (κ2) is 9.73. The molecule has 3 heterocycles. The summed E-state index contributed by atoms with van der Waals surface area (Å²) in [5, 5.41) is 4.76. The molecular formula is C26H32N4O3. The molecule has 0 radical (unpaired) electrons. The number of rotatable bonds is 6. The van der Waals surface area contributed by atoms with E-state index < -0.39 is 0 Å². The molecule has 1 unspecified atom stereocenters. The summed E-state index contributed by atoms with van der Waals surface area (Å²) in [5.41, 5.74) is 6.91. The standard InChI is InChI=1S/C26H32N4O3/c1-5-33-26(32)21-12-9-15-29(16-21)23(31)14-13-22-17(2)27-25-24(20-10-7-6-8-11-20)18(3)28-30(25)19(22)4/h6-8,10-11,21H,5,9,12-16H2,1-4H3. The number of carbonyl (C=O) groups is 2. The van der Waals surface area contributed by atoms with E-state index in [-0.39, 0.29) is 17.8 Å². The van der Waals surface area contributed by atoms with E-state index in [9.17, 15) is 9.59 Å². The van der Waals surface area contributed by atoms with Crippen molar-refractivity contribution in [3.05, 3.63) is 53.0 Å². The number of hydrogen-bond acceptors (Lipinski definition) is 5. The lowest BCUT2D eigenvalue weighted by Crippen LogP contribution is -2.42. The number of benzene rings is 1. The molecular weight excluding hydrogens is 416 g/mol. The van der Waals surface area contributed by atoms with Crippen molar-refractivity contribution in [2.45, 2.75) is 53.4 Å². The first kappa shape index (κ1) is 23.0. The van der Waals surface area contributed by atoms with Crippen LogP contribution < -0.4 is 0 Å². The van der Waals surface area contributed by atoms with Crippen LogP contribution >= 0.6 is 0 Å². The Morgan fingerprint density at radius 3 is 2.61 bits per heavy atom. The minimum absolute atomic E-state index is 0.0736. The number of ether oxygens (including phenoxy) is 1. The normalized spacial score (nSPS) is 16.2. The highest BCUT2D eigenvalue weighted by Gasteiger charge is 2.29.